The van der Waals surface area contributed by atoms with Crippen LogP contribution in [0.15, 0.2) is 23.8 Å². The number of hydrogen-bond acceptors (Lipinski definition) is 7. The second-order valence-electron chi connectivity index (χ2n) is 4.72. The van der Waals surface area contributed by atoms with E-state index in [-0.39, 0.29) is 6.10 Å². The molecule has 1 aliphatic heterocycles. The molecule has 0 spiro atoms. The molecule has 0 radical (unpaired) electrons. The van der Waals surface area contributed by atoms with E-state index in [0.29, 0.717) is 11.7 Å². The van der Waals surface area contributed by atoms with Gasteiger partial charge in [0.25, 0.3) is 5.91 Å². The Bertz CT molecular complexity index is 610. The average Bonchev–Trinajstić information content (AvgIpc) is 2.99. The molecule has 1 amide bonds. The second kappa shape index (κ2) is 6.04. The highest BCUT2D eigenvalue weighted by molar-refractivity contribution is 7.13. The number of piperidine rings is 1. The Morgan fingerprint density at radius 1 is 1.33 bits per heavy atom. The van der Waals surface area contributed by atoms with Gasteiger partial charge < -0.3 is 15.4 Å². The minimum atomic E-state index is -0.489. The lowest BCUT2D eigenvalue weighted by Gasteiger charge is -2.31. The summed E-state index contributed by atoms with van der Waals surface area (Å²) in [5.74, 6) is -0.489. The van der Waals surface area contributed by atoms with E-state index in [1.165, 1.54) is 11.3 Å². The minimum absolute atomic E-state index is 0.110. The van der Waals surface area contributed by atoms with Crippen LogP contribution < -0.4 is 15.4 Å². The SMILES string of the molecule is NC(=O)c1csc(N2CCC(Oc3ncccn3)CC2)n1. The topological polar surface area (TPSA) is 94.2 Å². The zero-order chi connectivity index (χ0) is 14.7. The van der Waals surface area contributed by atoms with E-state index in [0.717, 1.165) is 31.1 Å². The van der Waals surface area contributed by atoms with Gasteiger partial charge in [-0.25, -0.2) is 15.0 Å². The number of anilines is 1. The Balaban J connectivity index is 1.56. The number of carbonyl (C=O) groups excluding carboxylic acids is 1. The van der Waals surface area contributed by atoms with E-state index in [1.54, 1.807) is 23.8 Å². The summed E-state index contributed by atoms with van der Waals surface area (Å²) in [6.45, 7) is 1.65. The summed E-state index contributed by atoms with van der Waals surface area (Å²) in [5, 5.41) is 2.52. The van der Waals surface area contributed by atoms with Gasteiger partial charge in [-0.05, 0) is 6.07 Å². The number of primary amides is 1. The summed E-state index contributed by atoms with van der Waals surface area (Å²) in [5.41, 5.74) is 5.54. The summed E-state index contributed by atoms with van der Waals surface area (Å²) >= 11 is 1.44. The quantitative estimate of drug-likeness (QED) is 0.908. The fraction of sp³-hybridized carbons (Fsp3) is 0.385. The first-order chi connectivity index (χ1) is 10.2. The van der Waals surface area contributed by atoms with Crippen molar-refractivity contribution >= 4 is 22.4 Å². The van der Waals surface area contributed by atoms with Crippen LogP contribution >= 0.6 is 11.3 Å². The summed E-state index contributed by atoms with van der Waals surface area (Å²) in [6, 6.07) is 2.18. The molecule has 0 aliphatic carbocycles. The first kappa shape index (κ1) is 13.7. The molecule has 0 saturated carbocycles. The molecule has 21 heavy (non-hydrogen) atoms. The molecule has 1 aliphatic rings. The van der Waals surface area contributed by atoms with Gasteiger partial charge in [0.15, 0.2) is 5.13 Å². The van der Waals surface area contributed by atoms with Crippen molar-refractivity contribution < 1.29 is 9.53 Å². The van der Waals surface area contributed by atoms with Gasteiger partial charge in [-0.3, -0.25) is 4.79 Å². The highest BCUT2D eigenvalue weighted by Crippen LogP contribution is 2.25. The predicted molar refractivity (Wildman–Crippen MR) is 78.5 cm³/mol. The van der Waals surface area contributed by atoms with E-state index in [1.807, 2.05) is 0 Å². The van der Waals surface area contributed by atoms with Gasteiger partial charge in [0.1, 0.15) is 11.8 Å². The summed E-state index contributed by atoms with van der Waals surface area (Å²) in [6.07, 6.45) is 5.17. The Hall–Kier alpha value is -2.22. The number of hydrogen-bond donors (Lipinski definition) is 1. The largest absolute Gasteiger partial charge is 0.460 e. The molecule has 2 aromatic heterocycles. The maximum absolute atomic E-state index is 11.1. The summed E-state index contributed by atoms with van der Waals surface area (Å²) < 4.78 is 5.74. The van der Waals surface area contributed by atoms with E-state index in [9.17, 15) is 4.79 Å². The molecule has 3 heterocycles. The van der Waals surface area contributed by atoms with Crippen LogP contribution in [0.2, 0.25) is 0 Å². The van der Waals surface area contributed by atoms with Crippen molar-refractivity contribution in [2.75, 3.05) is 18.0 Å². The lowest BCUT2D eigenvalue weighted by molar-refractivity contribution is 0.0996. The van der Waals surface area contributed by atoms with Crippen molar-refractivity contribution in [1.29, 1.82) is 0 Å². The van der Waals surface area contributed by atoms with Crippen molar-refractivity contribution in [2.45, 2.75) is 18.9 Å². The number of carbonyl (C=O) groups is 1. The van der Waals surface area contributed by atoms with E-state index in [2.05, 4.69) is 19.9 Å². The fourth-order valence-electron chi connectivity index (χ4n) is 2.18. The Morgan fingerprint density at radius 3 is 2.67 bits per heavy atom. The normalized spacial score (nSPS) is 15.9. The monoisotopic (exact) mass is 305 g/mol. The van der Waals surface area contributed by atoms with Gasteiger partial charge in [-0.15, -0.1) is 11.3 Å². The highest BCUT2D eigenvalue weighted by Gasteiger charge is 2.23. The number of aromatic nitrogens is 3. The number of nitrogens with zero attached hydrogens (tertiary/aromatic N) is 4. The van der Waals surface area contributed by atoms with Crippen molar-refractivity contribution in [3.8, 4) is 6.01 Å². The molecule has 2 aromatic rings. The number of ether oxygens (including phenoxy) is 1. The van der Waals surface area contributed by atoms with Crippen LogP contribution in [0, 0.1) is 0 Å². The molecule has 0 aromatic carbocycles. The van der Waals surface area contributed by atoms with Gasteiger partial charge in [-0.1, -0.05) is 0 Å². The number of rotatable bonds is 4. The van der Waals surface area contributed by atoms with Crippen LogP contribution in [0.3, 0.4) is 0 Å². The summed E-state index contributed by atoms with van der Waals surface area (Å²) in [4.78, 5) is 25.6. The summed E-state index contributed by atoms with van der Waals surface area (Å²) in [7, 11) is 0. The van der Waals surface area contributed by atoms with Gasteiger partial charge in [0.2, 0.25) is 0 Å². The van der Waals surface area contributed by atoms with Crippen LogP contribution in [0.1, 0.15) is 23.3 Å². The van der Waals surface area contributed by atoms with E-state index < -0.39 is 5.91 Å². The first-order valence-electron chi connectivity index (χ1n) is 6.66. The zero-order valence-electron chi connectivity index (χ0n) is 11.3. The molecule has 3 rings (SSSR count). The number of thiazole rings is 1. The van der Waals surface area contributed by atoms with Crippen LogP contribution in [-0.4, -0.2) is 40.1 Å². The van der Waals surface area contributed by atoms with Gasteiger partial charge in [-0.2, -0.15) is 0 Å². The third kappa shape index (κ3) is 3.27. The standard InChI is InChI=1S/C13H15N5O2S/c14-11(19)10-8-21-13(17-10)18-6-2-9(3-7-18)20-12-15-4-1-5-16-12/h1,4-5,8-9H,2-3,6-7H2,(H2,14,19). The molecule has 110 valence electrons. The lowest BCUT2D eigenvalue weighted by Crippen LogP contribution is -2.38. The molecule has 1 fully saturated rings. The van der Waals surface area contributed by atoms with E-state index in [4.69, 9.17) is 10.5 Å². The van der Waals surface area contributed by atoms with Crippen LogP contribution in [-0.2, 0) is 0 Å². The maximum atomic E-state index is 11.1. The Morgan fingerprint density at radius 2 is 2.05 bits per heavy atom. The molecule has 1 saturated heterocycles. The van der Waals surface area contributed by atoms with Crippen molar-refractivity contribution in [3.63, 3.8) is 0 Å². The van der Waals surface area contributed by atoms with Crippen LogP contribution in [0.5, 0.6) is 6.01 Å². The van der Waals surface area contributed by atoms with Crippen molar-refractivity contribution in [2.24, 2.45) is 5.73 Å². The smallest absolute Gasteiger partial charge is 0.316 e. The second-order valence-corrected chi connectivity index (χ2v) is 5.55. The lowest BCUT2D eigenvalue weighted by atomic mass is 10.1. The average molecular weight is 305 g/mol. The molecular formula is C13H15N5O2S. The molecule has 2 N–H and O–H groups in total. The molecule has 7 nitrogen and oxygen atoms in total. The number of amides is 1. The van der Waals surface area contributed by atoms with Crippen LogP contribution in [0.25, 0.3) is 0 Å². The number of nitrogens with two attached hydrogens (primary N) is 1. The predicted octanol–water partition coefficient (Wildman–Crippen LogP) is 1.08. The van der Waals surface area contributed by atoms with Crippen molar-refractivity contribution in [1.82, 2.24) is 15.0 Å². The van der Waals surface area contributed by atoms with Gasteiger partial charge in [0.05, 0.1) is 0 Å². The minimum Gasteiger partial charge on any atom is -0.460 e. The highest BCUT2D eigenvalue weighted by atomic mass is 32.1. The fourth-order valence-corrected chi connectivity index (χ4v) is 3.05. The first-order valence-corrected chi connectivity index (χ1v) is 7.54. The molecule has 8 heteroatoms. The zero-order valence-corrected chi connectivity index (χ0v) is 12.1. The third-order valence-corrected chi connectivity index (χ3v) is 4.17. The molecule has 0 bridgehead atoms. The maximum Gasteiger partial charge on any atom is 0.316 e. The molecule has 0 atom stereocenters. The van der Waals surface area contributed by atoms with Gasteiger partial charge in [0, 0.05) is 43.7 Å². The molecular weight excluding hydrogens is 290 g/mol. The van der Waals surface area contributed by atoms with Crippen molar-refractivity contribution in [3.05, 3.63) is 29.5 Å². The van der Waals surface area contributed by atoms with Gasteiger partial charge >= 0.3 is 6.01 Å². The Kier molecular flexibility index (Phi) is 3.96. The third-order valence-electron chi connectivity index (χ3n) is 3.27. The Labute approximate surface area is 125 Å². The van der Waals surface area contributed by atoms with E-state index >= 15 is 0 Å². The molecule has 0 unspecified atom stereocenters. The van der Waals surface area contributed by atoms with Crippen LogP contribution in [0.4, 0.5) is 5.13 Å².